The van der Waals surface area contributed by atoms with Gasteiger partial charge in [-0.25, -0.2) is 0 Å². The number of hydrogen-bond acceptors (Lipinski definition) is 4. The summed E-state index contributed by atoms with van der Waals surface area (Å²) in [5, 5.41) is 3.24. The maximum atomic E-state index is 12.4. The van der Waals surface area contributed by atoms with E-state index in [1.807, 2.05) is 11.9 Å². The molecule has 0 spiro atoms. The molecule has 23 heavy (non-hydrogen) atoms. The van der Waals surface area contributed by atoms with E-state index in [1.165, 1.54) is 12.0 Å². The van der Waals surface area contributed by atoms with E-state index in [1.54, 1.807) is 0 Å². The molecule has 2 heterocycles. The summed E-state index contributed by atoms with van der Waals surface area (Å²) in [6, 6.07) is 10.4. The molecule has 3 rings (SSSR count). The average molecular weight is 317 g/mol. The fourth-order valence-electron chi connectivity index (χ4n) is 3.51. The SMILES string of the molecule is CN(CC1CCN(Cc2ccccc2)C1)C(=O)C1COCCN1. The Hall–Kier alpha value is -1.43. The molecule has 5 heteroatoms. The second kappa shape index (κ2) is 7.90. The lowest BCUT2D eigenvalue weighted by Crippen LogP contribution is -2.52. The number of ether oxygens (including phenoxy) is 1. The molecule has 1 aromatic carbocycles. The van der Waals surface area contributed by atoms with Crippen molar-refractivity contribution >= 4 is 5.91 Å². The van der Waals surface area contributed by atoms with Crippen LogP contribution in [0.2, 0.25) is 0 Å². The number of likely N-dealkylation sites (tertiary alicyclic amines) is 1. The first-order valence-corrected chi connectivity index (χ1v) is 8.55. The number of morpholine rings is 1. The predicted molar refractivity (Wildman–Crippen MR) is 90.1 cm³/mol. The molecule has 0 aliphatic carbocycles. The standard InChI is InChI=1S/C18H27N3O2/c1-20(18(22)17-14-23-10-8-19-17)11-16-7-9-21(13-16)12-15-5-3-2-4-6-15/h2-6,16-17,19H,7-14H2,1H3. The van der Waals surface area contributed by atoms with Crippen LogP contribution in [0, 0.1) is 5.92 Å². The van der Waals surface area contributed by atoms with Gasteiger partial charge in [-0.05, 0) is 24.4 Å². The summed E-state index contributed by atoms with van der Waals surface area (Å²) in [7, 11) is 1.92. The van der Waals surface area contributed by atoms with Crippen molar-refractivity contribution < 1.29 is 9.53 Å². The topological polar surface area (TPSA) is 44.8 Å². The number of carbonyl (C=O) groups is 1. The lowest BCUT2D eigenvalue weighted by atomic mass is 10.1. The van der Waals surface area contributed by atoms with E-state index in [0.29, 0.717) is 19.1 Å². The zero-order valence-electron chi connectivity index (χ0n) is 13.9. The van der Waals surface area contributed by atoms with Crippen LogP contribution in [0.25, 0.3) is 0 Å². The molecule has 1 N–H and O–H groups in total. The van der Waals surface area contributed by atoms with Gasteiger partial charge in [0.25, 0.3) is 0 Å². The fraction of sp³-hybridized carbons (Fsp3) is 0.611. The van der Waals surface area contributed by atoms with Gasteiger partial charge in [-0.1, -0.05) is 30.3 Å². The molecule has 2 aliphatic rings. The molecular formula is C18H27N3O2. The highest BCUT2D eigenvalue weighted by Crippen LogP contribution is 2.19. The second-order valence-electron chi connectivity index (χ2n) is 6.68. The van der Waals surface area contributed by atoms with Crippen LogP contribution in [0.15, 0.2) is 30.3 Å². The van der Waals surface area contributed by atoms with E-state index >= 15 is 0 Å². The summed E-state index contributed by atoms with van der Waals surface area (Å²) < 4.78 is 5.39. The van der Waals surface area contributed by atoms with Crippen LogP contribution in [0.4, 0.5) is 0 Å². The minimum atomic E-state index is -0.171. The van der Waals surface area contributed by atoms with Crippen molar-refractivity contribution in [1.29, 1.82) is 0 Å². The predicted octanol–water partition coefficient (Wildman–Crippen LogP) is 0.955. The molecule has 2 atom stereocenters. The number of carbonyl (C=O) groups excluding carboxylic acids is 1. The highest BCUT2D eigenvalue weighted by molar-refractivity contribution is 5.81. The van der Waals surface area contributed by atoms with E-state index in [-0.39, 0.29) is 11.9 Å². The monoisotopic (exact) mass is 317 g/mol. The Morgan fingerprint density at radius 2 is 2.22 bits per heavy atom. The van der Waals surface area contributed by atoms with Crippen LogP contribution in [0.1, 0.15) is 12.0 Å². The van der Waals surface area contributed by atoms with E-state index in [2.05, 4.69) is 40.5 Å². The van der Waals surface area contributed by atoms with Crippen molar-refractivity contribution in [3.8, 4) is 0 Å². The third kappa shape index (κ3) is 4.53. The van der Waals surface area contributed by atoms with Crippen molar-refractivity contribution in [2.75, 3.05) is 46.4 Å². The Morgan fingerprint density at radius 3 is 2.96 bits per heavy atom. The van der Waals surface area contributed by atoms with Gasteiger partial charge in [0, 0.05) is 33.2 Å². The summed E-state index contributed by atoms with van der Waals surface area (Å²) >= 11 is 0. The molecule has 126 valence electrons. The van der Waals surface area contributed by atoms with Gasteiger partial charge in [0.15, 0.2) is 0 Å². The third-order valence-corrected chi connectivity index (χ3v) is 4.75. The van der Waals surface area contributed by atoms with E-state index < -0.39 is 0 Å². The number of hydrogen-bond donors (Lipinski definition) is 1. The minimum absolute atomic E-state index is 0.159. The van der Waals surface area contributed by atoms with E-state index in [0.717, 1.165) is 32.7 Å². The maximum Gasteiger partial charge on any atom is 0.241 e. The normalized spacial score (nSPS) is 25.4. The van der Waals surface area contributed by atoms with Gasteiger partial charge >= 0.3 is 0 Å². The minimum Gasteiger partial charge on any atom is -0.378 e. The first-order chi connectivity index (χ1) is 11.2. The molecule has 0 bridgehead atoms. The van der Waals surface area contributed by atoms with Gasteiger partial charge in [0.1, 0.15) is 6.04 Å². The first kappa shape index (κ1) is 16.4. The fourth-order valence-corrected chi connectivity index (χ4v) is 3.51. The highest BCUT2D eigenvalue weighted by Gasteiger charge is 2.28. The molecule has 0 saturated carbocycles. The average Bonchev–Trinajstić information content (AvgIpc) is 3.02. The molecular weight excluding hydrogens is 290 g/mol. The number of benzene rings is 1. The molecule has 2 saturated heterocycles. The van der Waals surface area contributed by atoms with Gasteiger partial charge in [-0.15, -0.1) is 0 Å². The Labute approximate surface area is 138 Å². The van der Waals surface area contributed by atoms with Gasteiger partial charge < -0.3 is 15.0 Å². The summed E-state index contributed by atoms with van der Waals surface area (Å²) in [5.74, 6) is 0.725. The lowest BCUT2D eigenvalue weighted by molar-refractivity contribution is -0.135. The molecule has 2 fully saturated rings. The summed E-state index contributed by atoms with van der Waals surface area (Å²) in [4.78, 5) is 16.8. The molecule has 0 aromatic heterocycles. The Bertz CT molecular complexity index is 502. The van der Waals surface area contributed by atoms with Gasteiger partial charge in [0.05, 0.1) is 13.2 Å². The van der Waals surface area contributed by atoms with Gasteiger partial charge in [-0.3, -0.25) is 9.69 Å². The summed E-state index contributed by atoms with van der Waals surface area (Å²) in [6.07, 6.45) is 1.17. The third-order valence-electron chi connectivity index (χ3n) is 4.75. The van der Waals surface area contributed by atoms with Gasteiger partial charge in [0.2, 0.25) is 5.91 Å². The van der Waals surface area contributed by atoms with Crippen LogP contribution in [0.5, 0.6) is 0 Å². The second-order valence-corrected chi connectivity index (χ2v) is 6.68. The number of likely N-dealkylation sites (N-methyl/N-ethyl adjacent to an activating group) is 1. The smallest absolute Gasteiger partial charge is 0.241 e. The Kier molecular flexibility index (Phi) is 5.65. The summed E-state index contributed by atoms with van der Waals surface area (Å²) in [5.41, 5.74) is 1.36. The van der Waals surface area contributed by atoms with Crippen LogP contribution in [-0.4, -0.2) is 68.2 Å². The number of nitrogens with zero attached hydrogens (tertiary/aromatic N) is 2. The lowest BCUT2D eigenvalue weighted by Gasteiger charge is -2.29. The van der Waals surface area contributed by atoms with E-state index in [4.69, 9.17) is 4.74 Å². The summed E-state index contributed by atoms with van der Waals surface area (Å²) in [6.45, 7) is 5.99. The Balaban J connectivity index is 1.44. The van der Waals surface area contributed by atoms with Crippen molar-refractivity contribution in [3.63, 3.8) is 0 Å². The van der Waals surface area contributed by atoms with Gasteiger partial charge in [-0.2, -0.15) is 0 Å². The first-order valence-electron chi connectivity index (χ1n) is 8.55. The molecule has 2 aliphatic heterocycles. The molecule has 1 amide bonds. The van der Waals surface area contributed by atoms with Crippen LogP contribution < -0.4 is 5.32 Å². The molecule has 1 aromatic rings. The van der Waals surface area contributed by atoms with Crippen LogP contribution in [-0.2, 0) is 16.1 Å². The number of amides is 1. The highest BCUT2D eigenvalue weighted by atomic mass is 16.5. The maximum absolute atomic E-state index is 12.4. The quantitative estimate of drug-likeness (QED) is 0.878. The molecule has 5 nitrogen and oxygen atoms in total. The molecule has 2 unspecified atom stereocenters. The van der Waals surface area contributed by atoms with E-state index in [9.17, 15) is 4.79 Å². The van der Waals surface area contributed by atoms with Crippen molar-refractivity contribution in [2.45, 2.75) is 19.0 Å². The van der Waals surface area contributed by atoms with Crippen molar-refractivity contribution in [3.05, 3.63) is 35.9 Å². The van der Waals surface area contributed by atoms with Crippen molar-refractivity contribution in [2.24, 2.45) is 5.92 Å². The molecule has 0 radical (unpaired) electrons. The van der Waals surface area contributed by atoms with Crippen LogP contribution in [0.3, 0.4) is 0 Å². The van der Waals surface area contributed by atoms with Crippen LogP contribution >= 0.6 is 0 Å². The largest absolute Gasteiger partial charge is 0.378 e. The zero-order chi connectivity index (χ0) is 16.1. The number of rotatable bonds is 5. The van der Waals surface area contributed by atoms with Crippen molar-refractivity contribution in [1.82, 2.24) is 15.1 Å². The number of nitrogens with one attached hydrogen (secondary N) is 1. The Morgan fingerprint density at radius 1 is 1.39 bits per heavy atom. The zero-order valence-corrected chi connectivity index (χ0v) is 13.9.